The molecule has 1 rings (SSSR count). The van der Waals surface area contributed by atoms with Crippen molar-refractivity contribution in [2.24, 2.45) is 11.8 Å². The highest BCUT2D eigenvalue weighted by molar-refractivity contribution is 5.83. The highest BCUT2D eigenvalue weighted by Crippen LogP contribution is 2.28. The summed E-state index contributed by atoms with van der Waals surface area (Å²) in [5, 5.41) is 2.68. The number of ether oxygens (including phenoxy) is 1. The fourth-order valence-electron chi connectivity index (χ4n) is 2.35. The van der Waals surface area contributed by atoms with Crippen LogP contribution in [-0.2, 0) is 14.3 Å². The molecule has 4 heteroatoms. The van der Waals surface area contributed by atoms with Crippen molar-refractivity contribution >= 4 is 11.9 Å². The Labute approximate surface area is 109 Å². The van der Waals surface area contributed by atoms with Crippen LogP contribution in [0.1, 0.15) is 53.4 Å². The van der Waals surface area contributed by atoms with Gasteiger partial charge in [0.15, 0.2) is 0 Å². The van der Waals surface area contributed by atoms with Crippen LogP contribution in [0.15, 0.2) is 0 Å². The van der Waals surface area contributed by atoms with Crippen LogP contribution in [-0.4, -0.2) is 24.0 Å². The fourth-order valence-corrected chi connectivity index (χ4v) is 2.35. The molecule has 2 atom stereocenters. The van der Waals surface area contributed by atoms with E-state index in [0.717, 1.165) is 19.3 Å². The summed E-state index contributed by atoms with van der Waals surface area (Å²) >= 11 is 0. The van der Waals surface area contributed by atoms with Crippen molar-refractivity contribution < 1.29 is 14.3 Å². The quantitative estimate of drug-likeness (QED) is 0.787. The third-order valence-corrected chi connectivity index (χ3v) is 3.13. The lowest BCUT2D eigenvalue weighted by atomic mass is 9.82. The Morgan fingerprint density at radius 3 is 2.50 bits per heavy atom. The van der Waals surface area contributed by atoms with E-state index in [1.165, 1.54) is 6.42 Å². The van der Waals surface area contributed by atoms with E-state index in [1.54, 1.807) is 0 Å². The van der Waals surface area contributed by atoms with Gasteiger partial charge in [0.2, 0.25) is 5.91 Å². The van der Waals surface area contributed by atoms with Gasteiger partial charge in [-0.2, -0.15) is 0 Å². The molecule has 2 unspecified atom stereocenters. The van der Waals surface area contributed by atoms with Crippen LogP contribution in [0.25, 0.3) is 0 Å². The standard InChI is InChI=1S/C14H25NO3/c1-10-6-5-7-11(8-10)13(17)15-9-12(16)18-14(2,3)4/h10-11H,5-9H2,1-4H3,(H,15,17). The van der Waals surface area contributed by atoms with Gasteiger partial charge in [0, 0.05) is 5.92 Å². The van der Waals surface area contributed by atoms with Gasteiger partial charge in [-0.1, -0.05) is 19.8 Å². The molecule has 0 radical (unpaired) electrons. The van der Waals surface area contributed by atoms with Crippen LogP contribution >= 0.6 is 0 Å². The molecule has 1 fully saturated rings. The molecule has 0 saturated heterocycles. The molecule has 1 aliphatic rings. The van der Waals surface area contributed by atoms with Gasteiger partial charge in [-0.3, -0.25) is 9.59 Å². The van der Waals surface area contributed by atoms with Gasteiger partial charge in [0.1, 0.15) is 12.1 Å². The molecule has 0 bridgehead atoms. The molecule has 18 heavy (non-hydrogen) atoms. The minimum atomic E-state index is -0.499. The predicted octanol–water partition coefficient (Wildman–Crippen LogP) is 2.27. The zero-order valence-corrected chi connectivity index (χ0v) is 11.9. The normalized spacial score (nSPS) is 24.4. The summed E-state index contributed by atoms with van der Waals surface area (Å²) in [5.74, 6) is 0.291. The molecule has 4 nitrogen and oxygen atoms in total. The maximum absolute atomic E-state index is 11.9. The zero-order chi connectivity index (χ0) is 13.8. The number of rotatable bonds is 3. The first-order valence-corrected chi connectivity index (χ1v) is 6.77. The molecule has 0 aromatic heterocycles. The van der Waals surface area contributed by atoms with Crippen molar-refractivity contribution in [1.29, 1.82) is 0 Å². The van der Waals surface area contributed by atoms with Crippen molar-refractivity contribution in [3.05, 3.63) is 0 Å². The lowest BCUT2D eigenvalue weighted by Crippen LogP contribution is -2.38. The molecule has 104 valence electrons. The Balaban J connectivity index is 2.30. The number of carbonyl (C=O) groups excluding carboxylic acids is 2. The monoisotopic (exact) mass is 255 g/mol. The van der Waals surface area contributed by atoms with E-state index in [0.29, 0.717) is 5.92 Å². The number of amides is 1. The smallest absolute Gasteiger partial charge is 0.325 e. The van der Waals surface area contributed by atoms with Crippen molar-refractivity contribution in [3.8, 4) is 0 Å². The fraction of sp³-hybridized carbons (Fsp3) is 0.857. The molecule has 1 N–H and O–H groups in total. The molecule has 1 amide bonds. The maximum atomic E-state index is 11.9. The van der Waals surface area contributed by atoms with Gasteiger partial charge in [0.25, 0.3) is 0 Å². The van der Waals surface area contributed by atoms with Crippen LogP contribution in [0.2, 0.25) is 0 Å². The second kappa shape index (κ2) is 6.21. The van der Waals surface area contributed by atoms with Crippen molar-refractivity contribution in [1.82, 2.24) is 5.32 Å². The Kier molecular flexibility index (Phi) is 5.17. The number of hydrogen-bond acceptors (Lipinski definition) is 3. The SMILES string of the molecule is CC1CCCC(C(=O)NCC(=O)OC(C)(C)C)C1. The highest BCUT2D eigenvalue weighted by atomic mass is 16.6. The highest BCUT2D eigenvalue weighted by Gasteiger charge is 2.25. The van der Waals surface area contributed by atoms with Crippen LogP contribution in [0.5, 0.6) is 0 Å². The Hall–Kier alpha value is -1.06. The van der Waals surface area contributed by atoms with E-state index in [-0.39, 0.29) is 24.3 Å². The molecule has 0 aromatic rings. The summed E-state index contributed by atoms with van der Waals surface area (Å²) in [4.78, 5) is 23.4. The number of esters is 1. The summed E-state index contributed by atoms with van der Waals surface area (Å²) in [6.07, 6.45) is 4.17. The third kappa shape index (κ3) is 5.52. The van der Waals surface area contributed by atoms with Crippen LogP contribution in [0, 0.1) is 11.8 Å². The number of nitrogens with one attached hydrogen (secondary N) is 1. The van der Waals surface area contributed by atoms with Gasteiger partial charge < -0.3 is 10.1 Å². The zero-order valence-electron chi connectivity index (χ0n) is 11.9. The molecule has 0 aliphatic heterocycles. The molecule has 1 saturated carbocycles. The molecule has 0 spiro atoms. The van der Waals surface area contributed by atoms with Gasteiger partial charge in [-0.25, -0.2) is 0 Å². The summed E-state index contributed by atoms with van der Waals surface area (Å²) in [6, 6.07) is 0. The second-order valence-corrected chi connectivity index (χ2v) is 6.27. The lowest BCUT2D eigenvalue weighted by molar-refractivity contribution is -0.154. The summed E-state index contributed by atoms with van der Waals surface area (Å²) in [7, 11) is 0. The van der Waals surface area contributed by atoms with Crippen molar-refractivity contribution in [2.75, 3.05) is 6.54 Å². The van der Waals surface area contributed by atoms with Gasteiger partial charge in [-0.15, -0.1) is 0 Å². The van der Waals surface area contributed by atoms with E-state index in [4.69, 9.17) is 4.74 Å². The summed E-state index contributed by atoms with van der Waals surface area (Å²) in [6.45, 7) is 7.59. The molecular formula is C14H25NO3. The van der Waals surface area contributed by atoms with E-state index >= 15 is 0 Å². The van der Waals surface area contributed by atoms with Gasteiger partial charge >= 0.3 is 5.97 Å². The number of carbonyl (C=O) groups is 2. The van der Waals surface area contributed by atoms with Crippen LogP contribution in [0.3, 0.4) is 0 Å². The first-order chi connectivity index (χ1) is 8.28. The Bertz CT molecular complexity index is 307. The van der Waals surface area contributed by atoms with Crippen LogP contribution in [0.4, 0.5) is 0 Å². The predicted molar refractivity (Wildman–Crippen MR) is 70.0 cm³/mol. The molecule has 1 aliphatic carbocycles. The largest absolute Gasteiger partial charge is 0.459 e. The first kappa shape index (κ1) is 15.0. The van der Waals surface area contributed by atoms with E-state index < -0.39 is 5.60 Å². The third-order valence-electron chi connectivity index (χ3n) is 3.13. The average molecular weight is 255 g/mol. The van der Waals surface area contributed by atoms with Gasteiger partial charge in [-0.05, 0) is 39.5 Å². The molecule has 0 heterocycles. The van der Waals surface area contributed by atoms with E-state index in [2.05, 4.69) is 12.2 Å². The Morgan fingerprint density at radius 2 is 1.94 bits per heavy atom. The van der Waals surface area contributed by atoms with Crippen molar-refractivity contribution in [3.63, 3.8) is 0 Å². The molecule has 0 aromatic carbocycles. The second-order valence-electron chi connectivity index (χ2n) is 6.27. The topological polar surface area (TPSA) is 55.4 Å². The lowest BCUT2D eigenvalue weighted by Gasteiger charge is -2.26. The number of hydrogen-bond donors (Lipinski definition) is 1. The Morgan fingerprint density at radius 1 is 1.28 bits per heavy atom. The summed E-state index contributed by atoms with van der Waals surface area (Å²) in [5.41, 5.74) is -0.499. The van der Waals surface area contributed by atoms with Crippen LogP contribution < -0.4 is 5.32 Å². The van der Waals surface area contributed by atoms with E-state index in [1.807, 2.05) is 20.8 Å². The van der Waals surface area contributed by atoms with Gasteiger partial charge in [0.05, 0.1) is 0 Å². The minimum Gasteiger partial charge on any atom is -0.459 e. The molecular weight excluding hydrogens is 230 g/mol. The first-order valence-electron chi connectivity index (χ1n) is 6.77. The van der Waals surface area contributed by atoms with E-state index in [9.17, 15) is 9.59 Å². The summed E-state index contributed by atoms with van der Waals surface area (Å²) < 4.78 is 5.14. The minimum absolute atomic E-state index is 0.00703. The van der Waals surface area contributed by atoms with Crippen molar-refractivity contribution in [2.45, 2.75) is 59.0 Å². The maximum Gasteiger partial charge on any atom is 0.325 e. The average Bonchev–Trinajstić information content (AvgIpc) is 2.23.